The summed E-state index contributed by atoms with van der Waals surface area (Å²) < 4.78 is 15.1. The van der Waals surface area contributed by atoms with Gasteiger partial charge in [0, 0.05) is 43.6 Å². The van der Waals surface area contributed by atoms with Crippen LogP contribution < -0.4 is 4.90 Å². The Morgan fingerprint density at radius 3 is 2.44 bits per heavy atom. The summed E-state index contributed by atoms with van der Waals surface area (Å²) in [6.45, 7) is 6.22. The SMILES string of the molecule is CC1=Nc2cc(C)nn2C(c2cccc(Cl)c2Cl)C1C(=O)N1CCN(c2ccc(F)cc2)CC1. The van der Waals surface area contributed by atoms with E-state index in [1.54, 1.807) is 22.9 Å². The Morgan fingerprint density at radius 1 is 1.03 bits per heavy atom. The van der Waals surface area contributed by atoms with Crippen LogP contribution in [-0.4, -0.2) is 52.5 Å². The number of amides is 1. The summed E-state index contributed by atoms with van der Waals surface area (Å²) in [5, 5.41) is 5.50. The molecule has 2 aliphatic heterocycles. The van der Waals surface area contributed by atoms with E-state index in [9.17, 15) is 9.18 Å². The number of benzene rings is 2. The topological polar surface area (TPSA) is 53.7 Å². The van der Waals surface area contributed by atoms with Gasteiger partial charge in [-0.25, -0.2) is 14.1 Å². The van der Waals surface area contributed by atoms with Gasteiger partial charge >= 0.3 is 0 Å². The largest absolute Gasteiger partial charge is 0.368 e. The van der Waals surface area contributed by atoms with Crippen molar-refractivity contribution in [2.75, 3.05) is 31.1 Å². The maximum Gasteiger partial charge on any atom is 0.234 e. The first-order valence-corrected chi connectivity index (χ1v) is 11.9. The summed E-state index contributed by atoms with van der Waals surface area (Å²) in [6.07, 6.45) is 0. The molecular formula is C25H24Cl2FN5O. The molecule has 2 aliphatic rings. The number of anilines is 1. The number of fused-ring (bicyclic) bond motifs is 1. The van der Waals surface area contributed by atoms with Crippen LogP contribution in [0.25, 0.3) is 0 Å². The average Bonchev–Trinajstić information content (AvgIpc) is 3.20. The first-order chi connectivity index (χ1) is 16.3. The Morgan fingerprint density at radius 2 is 1.74 bits per heavy atom. The maximum atomic E-state index is 13.9. The number of halogens is 3. The van der Waals surface area contributed by atoms with Crippen molar-refractivity contribution >= 4 is 46.3 Å². The summed E-state index contributed by atoms with van der Waals surface area (Å²) in [6, 6.07) is 13.4. The molecule has 1 aromatic heterocycles. The molecule has 9 heteroatoms. The third-order valence-electron chi connectivity index (χ3n) is 6.51. The molecule has 2 unspecified atom stereocenters. The van der Waals surface area contributed by atoms with E-state index in [0.717, 1.165) is 22.7 Å². The highest BCUT2D eigenvalue weighted by molar-refractivity contribution is 6.42. The summed E-state index contributed by atoms with van der Waals surface area (Å²) >= 11 is 13.0. The average molecular weight is 500 g/mol. The zero-order valence-electron chi connectivity index (χ0n) is 18.9. The van der Waals surface area contributed by atoms with Crippen LogP contribution in [0.1, 0.15) is 24.2 Å². The lowest BCUT2D eigenvalue weighted by molar-refractivity contribution is -0.134. The number of hydrogen-bond acceptors (Lipinski definition) is 4. The second kappa shape index (κ2) is 9.04. The van der Waals surface area contributed by atoms with Crippen molar-refractivity contribution in [3.8, 4) is 0 Å². The molecule has 2 atom stereocenters. The van der Waals surface area contributed by atoms with Gasteiger partial charge in [-0.05, 0) is 49.7 Å². The van der Waals surface area contributed by atoms with Crippen molar-refractivity contribution < 1.29 is 9.18 Å². The minimum absolute atomic E-state index is 0.0140. The predicted molar refractivity (Wildman–Crippen MR) is 133 cm³/mol. The second-order valence-corrected chi connectivity index (χ2v) is 9.48. The van der Waals surface area contributed by atoms with Gasteiger partial charge in [-0.1, -0.05) is 35.3 Å². The Labute approximate surface area is 207 Å². The molecule has 1 saturated heterocycles. The van der Waals surface area contributed by atoms with Crippen LogP contribution in [0.4, 0.5) is 15.9 Å². The molecule has 34 heavy (non-hydrogen) atoms. The van der Waals surface area contributed by atoms with E-state index < -0.39 is 12.0 Å². The van der Waals surface area contributed by atoms with Gasteiger partial charge in [-0.2, -0.15) is 5.10 Å². The van der Waals surface area contributed by atoms with E-state index in [0.29, 0.717) is 42.0 Å². The third-order valence-corrected chi connectivity index (χ3v) is 7.34. The van der Waals surface area contributed by atoms with Gasteiger partial charge in [0.05, 0.1) is 21.8 Å². The smallest absolute Gasteiger partial charge is 0.234 e. The van der Waals surface area contributed by atoms with Gasteiger partial charge in [0.25, 0.3) is 0 Å². The maximum absolute atomic E-state index is 13.9. The van der Waals surface area contributed by atoms with Crippen molar-refractivity contribution in [3.63, 3.8) is 0 Å². The van der Waals surface area contributed by atoms with Crippen LogP contribution in [0.5, 0.6) is 0 Å². The number of aromatic nitrogens is 2. The molecule has 3 heterocycles. The quantitative estimate of drug-likeness (QED) is 0.491. The lowest BCUT2D eigenvalue weighted by Gasteiger charge is -2.40. The number of piperazine rings is 1. The summed E-state index contributed by atoms with van der Waals surface area (Å²) in [7, 11) is 0. The molecule has 0 saturated carbocycles. The van der Waals surface area contributed by atoms with Crippen LogP contribution >= 0.6 is 23.2 Å². The molecule has 5 rings (SSSR count). The van der Waals surface area contributed by atoms with Gasteiger partial charge in [0.15, 0.2) is 5.82 Å². The van der Waals surface area contributed by atoms with E-state index in [2.05, 4.69) is 10.00 Å². The number of aliphatic imine (C=N–C) groups is 1. The minimum atomic E-state index is -0.555. The Bertz CT molecular complexity index is 1260. The molecule has 0 bridgehead atoms. The number of nitrogens with zero attached hydrogens (tertiary/aromatic N) is 5. The molecule has 2 aromatic carbocycles. The molecule has 176 valence electrons. The molecule has 1 fully saturated rings. The minimum Gasteiger partial charge on any atom is -0.368 e. The summed E-state index contributed by atoms with van der Waals surface area (Å²) in [4.78, 5) is 22.6. The molecule has 1 amide bonds. The number of carbonyl (C=O) groups is 1. The normalized spacial score (nSPS) is 20.2. The number of hydrogen-bond donors (Lipinski definition) is 0. The van der Waals surface area contributed by atoms with Crippen molar-refractivity contribution in [1.82, 2.24) is 14.7 Å². The fourth-order valence-corrected chi connectivity index (χ4v) is 5.24. The monoisotopic (exact) mass is 499 g/mol. The highest BCUT2D eigenvalue weighted by atomic mass is 35.5. The van der Waals surface area contributed by atoms with Crippen LogP contribution in [0.15, 0.2) is 53.5 Å². The third kappa shape index (κ3) is 4.07. The highest BCUT2D eigenvalue weighted by Gasteiger charge is 2.42. The molecule has 6 nitrogen and oxygen atoms in total. The van der Waals surface area contributed by atoms with Gasteiger partial charge in [0.2, 0.25) is 5.91 Å². The van der Waals surface area contributed by atoms with E-state index in [-0.39, 0.29) is 11.7 Å². The van der Waals surface area contributed by atoms with Gasteiger partial charge < -0.3 is 9.80 Å². The van der Waals surface area contributed by atoms with E-state index in [1.165, 1.54) is 12.1 Å². The van der Waals surface area contributed by atoms with Crippen LogP contribution in [-0.2, 0) is 4.79 Å². The summed E-state index contributed by atoms with van der Waals surface area (Å²) in [5.74, 6) is -0.134. The van der Waals surface area contributed by atoms with Crippen molar-refractivity contribution in [2.45, 2.75) is 19.9 Å². The van der Waals surface area contributed by atoms with Gasteiger partial charge in [-0.15, -0.1) is 0 Å². The number of carbonyl (C=O) groups excluding carboxylic acids is 1. The van der Waals surface area contributed by atoms with Crippen molar-refractivity contribution in [2.24, 2.45) is 10.9 Å². The molecule has 0 N–H and O–H groups in total. The number of rotatable bonds is 3. The Balaban J connectivity index is 1.44. The van der Waals surface area contributed by atoms with E-state index in [1.807, 2.05) is 36.9 Å². The lowest BCUT2D eigenvalue weighted by atomic mass is 9.86. The number of aryl methyl sites for hydroxylation is 1. The van der Waals surface area contributed by atoms with Gasteiger partial charge in [0.1, 0.15) is 11.7 Å². The Hall–Kier alpha value is -2.90. The lowest BCUT2D eigenvalue weighted by Crippen LogP contribution is -2.53. The van der Waals surface area contributed by atoms with Crippen molar-refractivity contribution in [3.05, 3.63) is 75.7 Å². The second-order valence-electron chi connectivity index (χ2n) is 8.70. The molecule has 0 spiro atoms. The standard InChI is InChI=1S/C25H24Cl2FN5O/c1-15-14-21-29-16(2)22(24(33(21)30-15)19-4-3-5-20(26)23(19)27)25(34)32-12-10-31(11-13-32)18-8-6-17(28)7-9-18/h3-9,14,22,24H,10-13H2,1-2H3. The molecular weight excluding hydrogens is 476 g/mol. The highest BCUT2D eigenvalue weighted by Crippen LogP contribution is 2.42. The van der Waals surface area contributed by atoms with Crippen LogP contribution in [0.3, 0.4) is 0 Å². The van der Waals surface area contributed by atoms with Crippen molar-refractivity contribution in [1.29, 1.82) is 0 Å². The van der Waals surface area contributed by atoms with E-state index >= 15 is 0 Å². The zero-order valence-corrected chi connectivity index (χ0v) is 20.4. The predicted octanol–water partition coefficient (Wildman–Crippen LogP) is 5.30. The Kier molecular flexibility index (Phi) is 6.08. The fourth-order valence-electron chi connectivity index (χ4n) is 4.82. The first kappa shape index (κ1) is 22.9. The van der Waals surface area contributed by atoms with Gasteiger partial charge in [-0.3, -0.25) is 4.79 Å². The zero-order chi connectivity index (χ0) is 24.0. The summed E-state index contributed by atoms with van der Waals surface area (Å²) in [5.41, 5.74) is 3.23. The first-order valence-electron chi connectivity index (χ1n) is 11.2. The fraction of sp³-hybridized carbons (Fsp3) is 0.320. The molecule has 0 radical (unpaired) electrons. The van der Waals surface area contributed by atoms with E-state index in [4.69, 9.17) is 28.2 Å². The van der Waals surface area contributed by atoms with Crippen LogP contribution in [0, 0.1) is 18.7 Å². The van der Waals surface area contributed by atoms with Crippen LogP contribution in [0.2, 0.25) is 10.0 Å². The molecule has 3 aromatic rings. The molecule has 0 aliphatic carbocycles.